The number of methoxy groups -OCH3 is 1. The van der Waals surface area contributed by atoms with Crippen molar-refractivity contribution in [2.45, 2.75) is 40.0 Å². The molecule has 5 heteroatoms. The van der Waals surface area contributed by atoms with E-state index < -0.39 is 0 Å². The van der Waals surface area contributed by atoms with Crippen molar-refractivity contribution in [3.63, 3.8) is 0 Å². The first-order valence-corrected chi connectivity index (χ1v) is 8.03. The highest BCUT2D eigenvalue weighted by atomic mass is 16.5. The molecule has 0 aromatic heterocycles. The molecular weight excluding hydrogens is 266 g/mol. The van der Waals surface area contributed by atoms with Gasteiger partial charge in [0, 0.05) is 26.7 Å². The summed E-state index contributed by atoms with van der Waals surface area (Å²) in [6.45, 7) is 9.09. The molecule has 1 rings (SSSR count). The lowest BCUT2D eigenvalue weighted by Crippen LogP contribution is -2.41. The summed E-state index contributed by atoms with van der Waals surface area (Å²) in [5.41, 5.74) is 0. The predicted molar refractivity (Wildman–Crippen MR) is 86.3 cm³/mol. The standard InChI is InChI=1S/C16H31N3O2/c1-12(2)8-6-7-9-18-16(17-4)19-10-13(3)14(11-19)15(20)21-5/h12-14H,6-11H2,1-5H3,(H,17,18). The SMILES string of the molecule is CN=C(NCCCCC(C)C)N1CC(C)C(C(=O)OC)C1. The van der Waals surface area contributed by atoms with Crippen molar-refractivity contribution >= 4 is 11.9 Å². The largest absolute Gasteiger partial charge is 0.469 e. The molecular formula is C16H31N3O2. The smallest absolute Gasteiger partial charge is 0.310 e. The van der Waals surface area contributed by atoms with Gasteiger partial charge in [0.25, 0.3) is 0 Å². The van der Waals surface area contributed by atoms with Gasteiger partial charge in [-0.05, 0) is 18.3 Å². The predicted octanol–water partition coefficient (Wildman–Crippen LogP) is 2.13. The Morgan fingerprint density at radius 3 is 2.67 bits per heavy atom. The minimum absolute atomic E-state index is 0.0468. The molecule has 1 heterocycles. The van der Waals surface area contributed by atoms with E-state index in [1.54, 1.807) is 7.05 Å². The van der Waals surface area contributed by atoms with Gasteiger partial charge in [0.15, 0.2) is 5.96 Å². The zero-order valence-corrected chi connectivity index (χ0v) is 14.2. The monoisotopic (exact) mass is 297 g/mol. The lowest BCUT2D eigenvalue weighted by atomic mass is 9.99. The first-order valence-electron chi connectivity index (χ1n) is 8.03. The molecule has 1 fully saturated rings. The summed E-state index contributed by atoms with van der Waals surface area (Å²) in [6, 6.07) is 0. The number of nitrogens with zero attached hydrogens (tertiary/aromatic N) is 2. The van der Waals surface area contributed by atoms with Crippen LogP contribution in [0.1, 0.15) is 40.0 Å². The average molecular weight is 297 g/mol. The lowest BCUT2D eigenvalue weighted by molar-refractivity contribution is -0.145. The van der Waals surface area contributed by atoms with Crippen LogP contribution in [0.4, 0.5) is 0 Å². The quantitative estimate of drug-likeness (QED) is 0.353. The number of rotatable bonds is 6. The number of likely N-dealkylation sites (tertiary alicyclic amines) is 1. The molecule has 0 aromatic rings. The highest BCUT2D eigenvalue weighted by Gasteiger charge is 2.36. The molecule has 0 aromatic carbocycles. The highest BCUT2D eigenvalue weighted by molar-refractivity contribution is 5.82. The molecule has 21 heavy (non-hydrogen) atoms. The van der Waals surface area contributed by atoms with Crippen molar-refractivity contribution in [1.29, 1.82) is 0 Å². The Morgan fingerprint density at radius 1 is 1.38 bits per heavy atom. The van der Waals surface area contributed by atoms with Crippen LogP contribution in [0, 0.1) is 17.8 Å². The first kappa shape index (κ1) is 17.8. The Balaban J connectivity index is 2.38. The molecule has 5 nitrogen and oxygen atoms in total. The van der Waals surface area contributed by atoms with Crippen LogP contribution >= 0.6 is 0 Å². The molecule has 1 N–H and O–H groups in total. The number of esters is 1. The van der Waals surface area contributed by atoms with Crippen LogP contribution < -0.4 is 5.32 Å². The molecule has 2 unspecified atom stereocenters. The second kappa shape index (κ2) is 8.90. The van der Waals surface area contributed by atoms with Crippen molar-refractivity contribution in [2.75, 3.05) is 33.8 Å². The number of carbonyl (C=O) groups is 1. The summed E-state index contributed by atoms with van der Waals surface area (Å²) in [5, 5.41) is 3.41. The zero-order valence-electron chi connectivity index (χ0n) is 14.2. The van der Waals surface area contributed by atoms with Crippen LogP contribution in [0.25, 0.3) is 0 Å². The van der Waals surface area contributed by atoms with E-state index in [9.17, 15) is 4.79 Å². The minimum atomic E-state index is -0.114. The molecule has 0 radical (unpaired) electrons. The van der Waals surface area contributed by atoms with Crippen molar-refractivity contribution in [1.82, 2.24) is 10.2 Å². The van der Waals surface area contributed by atoms with Gasteiger partial charge in [-0.15, -0.1) is 0 Å². The molecule has 122 valence electrons. The number of aliphatic imine (C=N–C) groups is 1. The zero-order chi connectivity index (χ0) is 15.8. The van der Waals surface area contributed by atoms with Gasteiger partial charge in [0.2, 0.25) is 0 Å². The summed E-state index contributed by atoms with van der Waals surface area (Å²) in [4.78, 5) is 18.2. The van der Waals surface area contributed by atoms with Crippen molar-refractivity contribution in [3.05, 3.63) is 0 Å². The molecule has 0 saturated carbocycles. The van der Waals surface area contributed by atoms with Gasteiger partial charge in [0.1, 0.15) is 0 Å². The fourth-order valence-electron chi connectivity index (χ4n) is 2.81. The van der Waals surface area contributed by atoms with E-state index in [1.807, 2.05) is 0 Å². The van der Waals surface area contributed by atoms with Crippen LogP contribution in [0.2, 0.25) is 0 Å². The van der Waals surface area contributed by atoms with Gasteiger partial charge < -0.3 is 15.0 Å². The van der Waals surface area contributed by atoms with E-state index in [0.29, 0.717) is 12.5 Å². The molecule has 0 amide bonds. The normalized spacial score (nSPS) is 22.8. The van der Waals surface area contributed by atoms with E-state index in [0.717, 1.165) is 31.4 Å². The Labute approximate surface area is 129 Å². The molecule has 0 bridgehead atoms. The lowest BCUT2D eigenvalue weighted by Gasteiger charge is -2.21. The highest BCUT2D eigenvalue weighted by Crippen LogP contribution is 2.24. The summed E-state index contributed by atoms with van der Waals surface area (Å²) in [5.74, 6) is 1.81. The number of carbonyl (C=O) groups excluding carboxylic acids is 1. The molecule has 0 spiro atoms. The molecule has 0 aliphatic carbocycles. The van der Waals surface area contributed by atoms with Gasteiger partial charge in [-0.3, -0.25) is 9.79 Å². The van der Waals surface area contributed by atoms with Gasteiger partial charge in [-0.25, -0.2) is 0 Å². The second-order valence-electron chi connectivity index (χ2n) is 6.38. The Kier molecular flexibility index (Phi) is 7.54. The fourth-order valence-corrected chi connectivity index (χ4v) is 2.81. The molecule has 2 atom stereocenters. The van der Waals surface area contributed by atoms with Gasteiger partial charge in [-0.2, -0.15) is 0 Å². The third-order valence-corrected chi connectivity index (χ3v) is 4.12. The number of unbranched alkanes of at least 4 members (excludes halogenated alkanes) is 1. The Morgan fingerprint density at radius 2 is 2.10 bits per heavy atom. The number of ether oxygens (including phenoxy) is 1. The average Bonchev–Trinajstić information content (AvgIpc) is 2.83. The van der Waals surface area contributed by atoms with E-state index in [2.05, 4.69) is 36.0 Å². The molecule has 1 aliphatic heterocycles. The Bertz CT molecular complexity index is 355. The second-order valence-corrected chi connectivity index (χ2v) is 6.38. The summed E-state index contributed by atoms with van der Waals surface area (Å²) in [6.07, 6.45) is 3.66. The van der Waals surface area contributed by atoms with Crippen molar-refractivity contribution in [3.8, 4) is 0 Å². The maximum Gasteiger partial charge on any atom is 0.310 e. The van der Waals surface area contributed by atoms with Crippen LogP contribution in [0.5, 0.6) is 0 Å². The molecule has 1 aliphatic rings. The van der Waals surface area contributed by atoms with Gasteiger partial charge in [-0.1, -0.05) is 33.6 Å². The number of hydrogen-bond donors (Lipinski definition) is 1. The van der Waals surface area contributed by atoms with Gasteiger partial charge >= 0.3 is 5.97 Å². The molecule has 1 saturated heterocycles. The van der Waals surface area contributed by atoms with E-state index in [1.165, 1.54) is 20.0 Å². The van der Waals surface area contributed by atoms with E-state index >= 15 is 0 Å². The van der Waals surface area contributed by atoms with Crippen LogP contribution in [0.15, 0.2) is 4.99 Å². The number of nitrogens with one attached hydrogen (secondary N) is 1. The topological polar surface area (TPSA) is 53.9 Å². The summed E-state index contributed by atoms with van der Waals surface area (Å²) in [7, 11) is 3.26. The first-order chi connectivity index (χ1) is 9.99. The van der Waals surface area contributed by atoms with Crippen LogP contribution in [0.3, 0.4) is 0 Å². The van der Waals surface area contributed by atoms with Crippen LogP contribution in [-0.4, -0.2) is 50.6 Å². The minimum Gasteiger partial charge on any atom is -0.469 e. The van der Waals surface area contributed by atoms with Gasteiger partial charge in [0.05, 0.1) is 13.0 Å². The maximum absolute atomic E-state index is 11.7. The summed E-state index contributed by atoms with van der Waals surface area (Å²) < 4.78 is 4.88. The third kappa shape index (κ3) is 5.56. The van der Waals surface area contributed by atoms with E-state index in [-0.39, 0.29) is 11.9 Å². The van der Waals surface area contributed by atoms with Crippen molar-refractivity contribution < 1.29 is 9.53 Å². The third-order valence-electron chi connectivity index (χ3n) is 4.12. The fraction of sp³-hybridized carbons (Fsp3) is 0.875. The number of guanidine groups is 1. The van der Waals surface area contributed by atoms with Crippen LogP contribution in [-0.2, 0) is 9.53 Å². The summed E-state index contributed by atoms with van der Waals surface area (Å²) >= 11 is 0. The number of hydrogen-bond acceptors (Lipinski definition) is 3. The Hall–Kier alpha value is -1.26. The van der Waals surface area contributed by atoms with E-state index in [4.69, 9.17) is 4.74 Å². The van der Waals surface area contributed by atoms with Crippen molar-refractivity contribution in [2.24, 2.45) is 22.7 Å². The maximum atomic E-state index is 11.7.